The van der Waals surface area contributed by atoms with Crippen LogP contribution in [0.1, 0.15) is 40.9 Å². The van der Waals surface area contributed by atoms with Crippen molar-refractivity contribution in [1.29, 1.82) is 0 Å². The van der Waals surface area contributed by atoms with Gasteiger partial charge in [-0.25, -0.2) is 4.98 Å². The second-order valence-corrected chi connectivity index (χ2v) is 7.19. The van der Waals surface area contributed by atoms with Crippen LogP contribution in [-0.2, 0) is 0 Å². The highest BCUT2D eigenvalue weighted by molar-refractivity contribution is 6.09. The summed E-state index contributed by atoms with van der Waals surface area (Å²) in [7, 11) is 0. The molecule has 1 atom stereocenters. The minimum Gasteiger partial charge on any atom is -0.345 e. The van der Waals surface area contributed by atoms with Gasteiger partial charge in [-0.1, -0.05) is 85.8 Å². The molecule has 29 heavy (non-hydrogen) atoms. The van der Waals surface area contributed by atoms with Crippen molar-refractivity contribution < 1.29 is 4.79 Å². The zero-order valence-corrected chi connectivity index (χ0v) is 16.7. The largest absolute Gasteiger partial charge is 0.345 e. The molecule has 4 aromatic rings. The van der Waals surface area contributed by atoms with Crippen LogP contribution in [0.5, 0.6) is 0 Å². The van der Waals surface area contributed by atoms with Gasteiger partial charge in [0.15, 0.2) is 0 Å². The summed E-state index contributed by atoms with van der Waals surface area (Å²) in [6.07, 6.45) is 0.823. The van der Waals surface area contributed by atoms with E-state index in [9.17, 15) is 4.79 Å². The molecule has 0 spiro atoms. The molecule has 3 heteroatoms. The normalized spacial score (nSPS) is 11.9. The minimum atomic E-state index is -0.0611. The van der Waals surface area contributed by atoms with E-state index in [1.165, 1.54) is 0 Å². The second kappa shape index (κ2) is 8.27. The van der Waals surface area contributed by atoms with E-state index in [1.54, 1.807) is 0 Å². The second-order valence-electron chi connectivity index (χ2n) is 7.19. The lowest BCUT2D eigenvalue weighted by Gasteiger charge is -2.20. The van der Waals surface area contributed by atoms with Crippen LogP contribution in [0, 0.1) is 6.92 Å². The Bertz CT molecular complexity index is 1140. The fourth-order valence-corrected chi connectivity index (χ4v) is 3.81. The van der Waals surface area contributed by atoms with Crippen LogP contribution in [-0.4, -0.2) is 10.9 Å². The molecule has 0 unspecified atom stereocenters. The Morgan fingerprint density at radius 2 is 1.52 bits per heavy atom. The van der Waals surface area contributed by atoms with Crippen LogP contribution in [0.4, 0.5) is 0 Å². The van der Waals surface area contributed by atoms with Crippen molar-refractivity contribution in [1.82, 2.24) is 10.3 Å². The van der Waals surface area contributed by atoms with Crippen LogP contribution in [0.2, 0.25) is 0 Å². The fourth-order valence-electron chi connectivity index (χ4n) is 3.81. The molecule has 0 aliphatic heterocycles. The summed E-state index contributed by atoms with van der Waals surface area (Å²) in [6, 6.07) is 28.0. The van der Waals surface area contributed by atoms with Gasteiger partial charge in [0.25, 0.3) is 5.91 Å². The number of amides is 1. The summed E-state index contributed by atoms with van der Waals surface area (Å²) >= 11 is 0. The van der Waals surface area contributed by atoms with Gasteiger partial charge in [0.2, 0.25) is 0 Å². The van der Waals surface area contributed by atoms with Gasteiger partial charge in [0.1, 0.15) is 0 Å². The first-order chi connectivity index (χ1) is 14.2. The number of hydrogen-bond acceptors (Lipinski definition) is 2. The van der Waals surface area contributed by atoms with Gasteiger partial charge < -0.3 is 5.32 Å². The predicted molar refractivity (Wildman–Crippen MR) is 119 cm³/mol. The number of hydrogen-bond donors (Lipinski definition) is 1. The number of nitrogens with one attached hydrogen (secondary N) is 1. The van der Waals surface area contributed by atoms with E-state index in [-0.39, 0.29) is 11.9 Å². The first-order valence-corrected chi connectivity index (χ1v) is 9.99. The van der Waals surface area contributed by atoms with Gasteiger partial charge in [-0.3, -0.25) is 4.79 Å². The highest BCUT2D eigenvalue weighted by atomic mass is 16.1. The monoisotopic (exact) mass is 380 g/mol. The Morgan fingerprint density at radius 1 is 0.897 bits per heavy atom. The number of carbonyl (C=O) groups excluding carboxylic acids is 1. The van der Waals surface area contributed by atoms with E-state index in [4.69, 9.17) is 4.98 Å². The van der Waals surface area contributed by atoms with Crippen LogP contribution in [0.25, 0.3) is 22.2 Å². The summed E-state index contributed by atoms with van der Waals surface area (Å²) in [5.41, 5.74) is 5.40. The fraction of sp³-hybridized carbons (Fsp3) is 0.154. The number of fused-ring (bicyclic) bond motifs is 1. The third-order valence-corrected chi connectivity index (χ3v) is 5.33. The maximum Gasteiger partial charge on any atom is 0.252 e. The first kappa shape index (κ1) is 18.9. The van der Waals surface area contributed by atoms with E-state index in [1.807, 2.05) is 79.7 Å². The highest BCUT2D eigenvalue weighted by Crippen LogP contribution is 2.30. The Kier molecular flexibility index (Phi) is 5.39. The maximum atomic E-state index is 13.5. The Labute approximate surface area is 171 Å². The topological polar surface area (TPSA) is 42.0 Å². The van der Waals surface area contributed by atoms with Crippen LogP contribution < -0.4 is 5.32 Å². The molecule has 3 nitrogen and oxygen atoms in total. The van der Waals surface area contributed by atoms with Crippen LogP contribution >= 0.6 is 0 Å². The molecular weight excluding hydrogens is 356 g/mol. The van der Waals surface area contributed by atoms with Crippen molar-refractivity contribution in [3.8, 4) is 11.3 Å². The summed E-state index contributed by atoms with van der Waals surface area (Å²) in [6.45, 7) is 4.07. The molecule has 1 N–H and O–H groups in total. The van der Waals surface area contributed by atoms with Crippen molar-refractivity contribution in [2.45, 2.75) is 26.3 Å². The molecular formula is C26H24N2O. The van der Waals surface area contributed by atoms with Gasteiger partial charge in [0, 0.05) is 10.9 Å². The number of benzene rings is 3. The lowest BCUT2D eigenvalue weighted by Crippen LogP contribution is -2.29. The summed E-state index contributed by atoms with van der Waals surface area (Å²) < 4.78 is 0. The SMILES string of the molecule is CC[C@@H](NC(=O)c1c(C)c(-c2ccccc2)nc2ccccc12)c1ccccc1. The van der Waals surface area contributed by atoms with Crippen molar-refractivity contribution in [2.75, 3.05) is 0 Å². The molecule has 0 bridgehead atoms. The van der Waals surface area contributed by atoms with Crippen molar-refractivity contribution in [3.05, 3.63) is 102 Å². The average Bonchev–Trinajstić information content (AvgIpc) is 2.78. The van der Waals surface area contributed by atoms with Crippen LogP contribution in [0.15, 0.2) is 84.9 Å². The quantitative estimate of drug-likeness (QED) is 0.455. The number of pyridine rings is 1. The van der Waals surface area contributed by atoms with Crippen molar-refractivity contribution in [2.24, 2.45) is 0 Å². The number of para-hydroxylation sites is 1. The van der Waals surface area contributed by atoms with Crippen molar-refractivity contribution in [3.63, 3.8) is 0 Å². The average molecular weight is 380 g/mol. The Balaban J connectivity index is 1.82. The Morgan fingerprint density at radius 3 is 2.21 bits per heavy atom. The predicted octanol–water partition coefficient (Wildman–Crippen LogP) is 6.09. The lowest BCUT2D eigenvalue weighted by atomic mass is 9.96. The van der Waals surface area contributed by atoms with Gasteiger partial charge in [-0.05, 0) is 30.5 Å². The van der Waals surface area contributed by atoms with Gasteiger partial charge >= 0.3 is 0 Å². The molecule has 0 aliphatic rings. The molecule has 0 saturated carbocycles. The molecule has 0 fully saturated rings. The van der Waals surface area contributed by atoms with E-state index in [0.29, 0.717) is 5.56 Å². The highest BCUT2D eigenvalue weighted by Gasteiger charge is 2.21. The molecule has 3 aromatic carbocycles. The number of rotatable bonds is 5. The van der Waals surface area contributed by atoms with E-state index >= 15 is 0 Å². The van der Waals surface area contributed by atoms with E-state index in [2.05, 4.69) is 24.4 Å². The van der Waals surface area contributed by atoms with Crippen molar-refractivity contribution >= 4 is 16.8 Å². The van der Waals surface area contributed by atoms with E-state index < -0.39 is 0 Å². The van der Waals surface area contributed by atoms with Gasteiger partial charge in [-0.15, -0.1) is 0 Å². The third-order valence-electron chi connectivity index (χ3n) is 5.33. The lowest BCUT2D eigenvalue weighted by molar-refractivity contribution is 0.0936. The first-order valence-electron chi connectivity index (χ1n) is 9.99. The zero-order valence-electron chi connectivity index (χ0n) is 16.7. The zero-order chi connectivity index (χ0) is 20.2. The molecule has 0 aliphatic carbocycles. The molecule has 0 saturated heterocycles. The summed E-state index contributed by atoms with van der Waals surface area (Å²) in [5.74, 6) is -0.0611. The van der Waals surface area contributed by atoms with Gasteiger partial charge in [0.05, 0.1) is 22.8 Å². The number of aromatic nitrogens is 1. The molecule has 4 rings (SSSR count). The summed E-state index contributed by atoms with van der Waals surface area (Å²) in [4.78, 5) is 18.3. The molecule has 1 heterocycles. The minimum absolute atomic E-state index is 0.0322. The number of nitrogens with zero attached hydrogens (tertiary/aromatic N) is 1. The molecule has 1 amide bonds. The van der Waals surface area contributed by atoms with Crippen LogP contribution in [0.3, 0.4) is 0 Å². The maximum absolute atomic E-state index is 13.5. The smallest absolute Gasteiger partial charge is 0.252 e. The summed E-state index contributed by atoms with van der Waals surface area (Å²) in [5, 5.41) is 4.12. The van der Waals surface area contributed by atoms with E-state index in [0.717, 1.165) is 39.7 Å². The molecule has 1 aromatic heterocycles. The third kappa shape index (κ3) is 3.77. The van der Waals surface area contributed by atoms with Gasteiger partial charge in [-0.2, -0.15) is 0 Å². The molecule has 0 radical (unpaired) electrons. The number of carbonyl (C=O) groups is 1. The Hall–Kier alpha value is -3.46. The molecule has 144 valence electrons. The standard InChI is InChI=1S/C26H24N2O/c1-3-22(19-12-6-4-7-13-19)28-26(29)24-18(2)25(20-14-8-5-9-15-20)27-23-17-11-10-16-21(23)24/h4-17,22H,3H2,1-2H3,(H,28,29)/t22-/m1/s1.